The molecule has 3 aromatic carbocycles. The van der Waals surface area contributed by atoms with E-state index in [0.717, 1.165) is 47.5 Å². The molecule has 1 fully saturated rings. The van der Waals surface area contributed by atoms with Crippen LogP contribution in [0.2, 0.25) is 10.0 Å². The lowest BCUT2D eigenvalue weighted by Crippen LogP contribution is -2.52. The molecule has 0 unspecified atom stereocenters. The molecule has 2 amide bonds. The summed E-state index contributed by atoms with van der Waals surface area (Å²) in [5, 5.41) is 3.79. The van der Waals surface area contributed by atoms with Crippen LogP contribution in [0.4, 0.5) is 5.69 Å². The standard InChI is InChI=1S/C32H36BrCl2N3O4S/c1-43(41,42)38(29-21-26(34)16-17-28(29)35)18-8-15-31(39)37(22-24-11-7-12-25(33)19-24)30(20-23-9-3-2-4-10-23)32(40)36-27-13-5-6-14-27/h2-4,7,9-12,16-17,19,21,27,30H,5-6,8,13-15,18,20,22H2,1H3,(H,36,40)/t30-/m0/s1. The maximum Gasteiger partial charge on any atom is 0.243 e. The number of sulfonamides is 1. The Kier molecular flexibility index (Phi) is 11.9. The summed E-state index contributed by atoms with van der Waals surface area (Å²) in [5.41, 5.74) is 2.07. The van der Waals surface area contributed by atoms with Crippen LogP contribution in [0.25, 0.3) is 0 Å². The number of nitrogens with one attached hydrogen (secondary N) is 1. The highest BCUT2D eigenvalue weighted by Crippen LogP contribution is 2.31. The van der Waals surface area contributed by atoms with Gasteiger partial charge in [0, 0.05) is 41.5 Å². The summed E-state index contributed by atoms with van der Waals surface area (Å²) in [7, 11) is -3.72. The van der Waals surface area contributed by atoms with Crippen LogP contribution in [0.5, 0.6) is 0 Å². The molecule has 43 heavy (non-hydrogen) atoms. The third-order valence-electron chi connectivity index (χ3n) is 7.54. The van der Waals surface area contributed by atoms with Crippen molar-refractivity contribution in [3.8, 4) is 0 Å². The number of benzene rings is 3. The maximum absolute atomic E-state index is 14.0. The Morgan fingerprint density at radius 2 is 1.67 bits per heavy atom. The average Bonchev–Trinajstić information content (AvgIpc) is 3.47. The normalized spacial score (nSPS) is 14.3. The van der Waals surface area contributed by atoms with E-state index in [-0.39, 0.29) is 54.5 Å². The SMILES string of the molecule is CS(=O)(=O)N(CCCC(=O)N(Cc1cccc(Br)c1)[C@@H](Cc1ccccc1)C(=O)NC1CCCC1)c1cc(Cl)ccc1Cl. The van der Waals surface area contributed by atoms with Crippen molar-refractivity contribution in [2.75, 3.05) is 17.1 Å². The molecule has 3 aromatic rings. The van der Waals surface area contributed by atoms with Crippen LogP contribution < -0.4 is 9.62 Å². The third-order valence-corrected chi connectivity index (χ3v) is 9.77. The van der Waals surface area contributed by atoms with Crippen molar-refractivity contribution >= 4 is 66.7 Å². The van der Waals surface area contributed by atoms with Crippen LogP contribution in [0.15, 0.2) is 77.3 Å². The highest BCUT2D eigenvalue weighted by molar-refractivity contribution is 9.10. The van der Waals surface area contributed by atoms with Crippen LogP contribution in [-0.4, -0.2) is 50.0 Å². The Morgan fingerprint density at radius 3 is 2.35 bits per heavy atom. The van der Waals surface area contributed by atoms with Gasteiger partial charge in [-0.25, -0.2) is 8.42 Å². The van der Waals surface area contributed by atoms with Crippen molar-refractivity contribution in [2.45, 2.75) is 63.6 Å². The van der Waals surface area contributed by atoms with Crippen LogP contribution in [0, 0.1) is 0 Å². The van der Waals surface area contributed by atoms with E-state index in [1.165, 1.54) is 10.4 Å². The molecule has 0 bridgehead atoms. The molecule has 0 aliphatic heterocycles. The number of hydrogen-bond donors (Lipinski definition) is 1. The zero-order chi connectivity index (χ0) is 31.0. The molecule has 7 nitrogen and oxygen atoms in total. The third kappa shape index (κ3) is 9.70. The van der Waals surface area contributed by atoms with Gasteiger partial charge in [-0.1, -0.05) is 94.4 Å². The Labute approximate surface area is 272 Å². The lowest BCUT2D eigenvalue weighted by molar-refractivity contribution is -0.141. The van der Waals surface area contributed by atoms with Gasteiger partial charge in [-0.05, 0) is 60.7 Å². The minimum Gasteiger partial charge on any atom is -0.352 e. The summed E-state index contributed by atoms with van der Waals surface area (Å²) in [5.74, 6) is -0.421. The number of carbonyl (C=O) groups is 2. The largest absolute Gasteiger partial charge is 0.352 e. The van der Waals surface area contributed by atoms with Crippen LogP contribution in [0.3, 0.4) is 0 Å². The number of hydrogen-bond acceptors (Lipinski definition) is 4. The number of amides is 2. The number of halogens is 3. The van der Waals surface area contributed by atoms with Gasteiger partial charge in [-0.2, -0.15) is 0 Å². The van der Waals surface area contributed by atoms with Gasteiger partial charge in [0.25, 0.3) is 0 Å². The van der Waals surface area contributed by atoms with Gasteiger partial charge in [0.1, 0.15) is 6.04 Å². The number of nitrogens with zero attached hydrogens (tertiary/aromatic N) is 2. The Balaban J connectivity index is 1.60. The zero-order valence-corrected chi connectivity index (χ0v) is 27.9. The van der Waals surface area contributed by atoms with Crippen LogP contribution in [0.1, 0.15) is 49.7 Å². The van der Waals surface area contributed by atoms with Gasteiger partial charge in [0.15, 0.2) is 0 Å². The second-order valence-corrected chi connectivity index (χ2v) is 14.5. The summed E-state index contributed by atoms with van der Waals surface area (Å²) < 4.78 is 27.5. The highest BCUT2D eigenvalue weighted by atomic mass is 79.9. The molecule has 1 N–H and O–H groups in total. The van der Waals surface area contributed by atoms with E-state index in [1.807, 2.05) is 54.6 Å². The molecule has 230 valence electrons. The predicted octanol–water partition coefficient (Wildman–Crippen LogP) is 7.00. The zero-order valence-electron chi connectivity index (χ0n) is 24.0. The molecule has 4 rings (SSSR count). The topological polar surface area (TPSA) is 86.8 Å². The second kappa shape index (κ2) is 15.4. The van der Waals surface area contributed by atoms with Crippen molar-refractivity contribution in [1.82, 2.24) is 10.2 Å². The lowest BCUT2D eigenvalue weighted by atomic mass is 10.0. The molecular weight excluding hydrogens is 673 g/mol. The van der Waals surface area contributed by atoms with E-state index in [9.17, 15) is 18.0 Å². The van der Waals surface area contributed by atoms with Gasteiger partial charge in [-0.15, -0.1) is 0 Å². The summed E-state index contributed by atoms with van der Waals surface area (Å²) >= 11 is 16.0. The second-order valence-electron chi connectivity index (χ2n) is 10.9. The van der Waals surface area contributed by atoms with Gasteiger partial charge < -0.3 is 10.2 Å². The van der Waals surface area contributed by atoms with Crippen molar-refractivity contribution in [3.63, 3.8) is 0 Å². The maximum atomic E-state index is 14.0. The van der Waals surface area contributed by atoms with Crippen LogP contribution in [-0.2, 0) is 32.6 Å². The van der Waals surface area contributed by atoms with E-state index in [0.29, 0.717) is 11.4 Å². The summed E-state index contributed by atoms with van der Waals surface area (Å²) in [4.78, 5) is 29.5. The molecule has 0 saturated heterocycles. The minimum atomic E-state index is -3.72. The molecule has 1 aliphatic rings. The first kappa shape index (κ1) is 33.3. The predicted molar refractivity (Wildman–Crippen MR) is 177 cm³/mol. The fourth-order valence-corrected chi connectivity index (χ4v) is 7.26. The van der Waals surface area contributed by atoms with E-state index in [4.69, 9.17) is 23.2 Å². The first-order valence-electron chi connectivity index (χ1n) is 14.3. The molecular formula is C32H36BrCl2N3O4S. The van der Waals surface area contributed by atoms with Gasteiger partial charge in [0.2, 0.25) is 21.8 Å². The van der Waals surface area contributed by atoms with Gasteiger partial charge in [-0.3, -0.25) is 13.9 Å². The molecule has 0 aromatic heterocycles. The monoisotopic (exact) mass is 707 g/mol. The summed E-state index contributed by atoms with van der Waals surface area (Å²) in [6, 6.07) is 21.3. The quantitative estimate of drug-likeness (QED) is 0.207. The molecule has 1 saturated carbocycles. The van der Waals surface area contributed by atoms with E-state index < -0.39 is 16.1 Å². The minimum absolute atomic E-state index is 0.0208. The summed E-state index contributed by atoms with van der Waals surface area (Å²) in [6.07, 6.45) is 5.69. The molecule has 1 atom stereocenters. The highest BCUT2D eigenvalue weighted by Gasteiger charge is 2.32. The average molecular weight is 710 g/mol. The first-order chi connectivity index (χ1) is 20.5. The fraction of sp³-hybridized carbons (Fsp3) is 0.375. The molecule has 0 radical (unpaired) electrons. The first-order valence-corrected chi connectivity index (χ1v) is 17.7. The van der Waals surface area contributed by atoms with Crippen LogP contribution >= 0.6 is 39.1 Å². The summed E-state index contributed by atoms with van der Waals surface area (Å²) in [6.45, 7) is 0.247. The molecule has 0 heterocycles. The van der Waals surface area contributed by atoms with E-state index in [1.54, 1.807) is 17.0 Å². The fourth-order valence-electron chi connectivity index (χ4n) is 5.41. The van der Waals surface area contributed by atoms with E-state index >= 15 is 0 Å². The van der Waals surface area contributed by atoms with E-state index in [2.05, 4.69) is 21.2 Å². The lowest BCUT2D eigenvalue weighted by Gasteiger charge is -2.33. The Hall–Kier alpha value is -2.59. The molecule has 1 aliphatic carbocycles. The van der Waals surface area contributed by atoms with Gasteiger partial charge in [0.05, 0.1) is 17.0 Å². The molecule has 11 heteroatoms. The van der Waals surface area contributed by atoms with Gasteiger partial charge >= 0.3 is 0 Å². The number of rotatable bonds is 13. The van der Waals surface area contributed by atoms with Crippen molar-refractivity contribution in [3.05, 3.63) is 98.4 Å². The van der Waals surface area contributed by atoms with Crippen molar-refractivity contribution in [1.29, 1.82) is 0 Å². The number of carbonyl (C=O) groups excluding carboxylic acids is 2. The number of anilines is 1. The Morgan fingerprint density at radius 1 is 0.977 bits per heavy atom. The van der Waals surface area contributed by atoms with Crippen molar-refractivity contribution in [2.24, 2.45) is 0 Å². The Bertz CT molecular complexity index is 1520. The smallest absolute Gasteiger partial charge is 0.243 e. The van der Waals surface area contributed by atoms with Crippen molar-refractivity contribution < 1.29 is 18.0 Å². The molecule has 0 spiro atoms.